The molecule has 0 amide bonds. The van der Waals surface area contributed by atoms with E-state index in [0.29, 0.717) is 41.6 Å². The molecule has 3 N–H and O–H groups in total. The van der Waals surface area contributed by atoms with Gasteiger partial charge in [-0.25, -0.2) is 0 Å². The summed E-state index contributed by atoms with van der Waals surface area (Å²) < 4.78 is 5.35. The average Bonchev–Trinajstić information content (AvgIpc) is 3.17. The number of H-pyrrole nitrogens is 1. The Morgan fingerprint density at radius 1 is 1.13 bits per heavy atom. The number of aromatic amines is 1. The molecule has 2 aromatic heterocycles. The van der Waals surface area contributed by atoms with Gasteiger partial charge in [-0.15, -0.1) is 0 Å². The molecule has 4 heterocycles. The Labute approximate surface area is 180 Å². The summed E-state index contributed by atoms with van der Waals surface area (Å²) in [6, 6.07) is 8.33. The van der Waals surface area contributed by atoms with Crippen LogP contribution in [0.25, 0.3) is 11.0 Å². The molecule has 31 heavy (non-hydrogen) atoms. The highest BCUT2D eigenvalue weighted by Crippen LogP contribution is 2.30. The van der Waals surface area contributed by atoms with Crippen LogP contribution in [0.3, 0.4) is 0 Å². The summed E-state index contributed by atoms with van der Waals surface area (Å²) >= 11 is 0. The first-order valence-electron chi connectivity index (χ1n) is 10.5. The molecule has 9 heteroatoms. The summed E-state index contributed by atoms with van der Waals surface area (Å²) in [7, 11) is 2.16. The molecule has 2 fully saturated rings. The van der Waals surface area contributed by atoms with Crippen LogP contribution in [-0.4, -0.2) is 78.1 Å². The normalized spacial score (nSPS) is 18.6. The van der Waals surface area contributed by atoms with Gasteiger partial charge < -0.3 is 30.2 Å². The first-order valence-corrected chi connectivity index (χ1v) is 10.5. The smallest absolute Gasteiger partial charge is 0.231 e. The maximum Gasteiger partial charge on any atom is 0.231 e. The third-order valence-electron chi connectivity index (χ3n) is 5.94. The summed E-state index contributed by atoms with van der Waals surface area (Å²) in [6.07, 6.45) is 2.48. The fraction of sp³-hybridized carbons (Fsp3) is 0.409. The van der Waals surface area contributed by atoms with Gasteiger partial charge in [0.2, 0.25) is 5.95 Å². The first kappa shape index (κ1) is 19.8. The zero-order valence-electron chi connectivity index (χ0n) is 17.8. The van der Waals surface area contributed by atoms with Crippen LogP contribution < -0.4 is 15.5 Å². The van der Waals surface area contributed by atoms with Crippen LogP contribution in [0.2, 0.25) is 0 Å². The number of benzene rings is 1. The third-order valence-corrected chi connectivity index (χ3v) is 5.94. The van der Waals surface area contributed by atoms with Gasteiger partial charge in [-0.05, 0) is 38.2 Å². The second-order valence-electron chi connectivity index (χ2n) is 8.62. The molecule has 0 radical (unpaired) electrons. The first-order chi connectivity index (χ1) is 15.0. The fourth-order valence-corrected chi connectivity index (χ4v) is 4.01. The van der Waals surface area contributed by atoms with Gasteiger partial charge in [0.25, 0.3) is 0 Å². The van der Waals surface area contributed by atoms with E-state index in [-0.39, 0.29) is 5.54 Å². The van der Waals surface area contributed by atoms with E-state index in [2.05, 4.69) is 61.5 Å². The predicted molar refractivity (Wildman–Crippen MR) is 122 cm³/mol. The number of nitrogens with one attached hydrogen (secondary N) is 3. The minimum absolute atomic E-state index is 0.208. The maximum absolute atomic E-state index is 11.5. The number of anilines is 4. The molecule has 5 rings (SSSR count). The number of rotatable bonds is 6. The number of hydrogen-bond donors (Lipinski definition) is 3. The molecule has 3 aromatic rings. The van der Waals surface area contributed by atoms with E-state index in [1.165, 1.54) is 5.69 Å². The molecule has 0 bridgehead atoms. The monoisotopic (exact) mass is 421 g/mol. The number of fused-ring (bicyclic) bond motifs is 1. The molecular weight excluding hydrogens is 394 g/mol. The molecule has 0 aliphatic carbocycles. The fourth-order valence-electron chi connectivity index (χ4n) is 4.01. The van der Waals surface area contributed by atoms with Gasteiger partial charge in [0.15, 0.2) is 6.29 Å². The zero-order chi connectivity index (χ0) is 21.4. The van der Waals surface area contributed by atoms with Gasteiger partial charge in [-0.3, -0.25) is 4.79 Å². The Hall–Kier alpha value is -3.17. The second-order valence-corrected chi connectivity index (χ2v) is 8.62. The summed E-state index contributed by atoms with van der Waals surface area (Å²) in [4.78, 5) is 28.6. The van der Waals surface area contributed by atoms with Crippen LogP contribution in [-0.2, 0) is 4.74 Å². The van der Waals surface area contributed by atoms with Crippen LogP contribution in [0.1, 0.15) is 17.3 Å². The van der Waals surface area contributed by atoms with Crippen molar-refractivity contribution in [3.63, 3.8) is 0 Å². The summed E-state index contributed by atoms with van der Waals surface area (Å²) in [5.41, 5.74) is 3.06. The number of carbonyl (C=O) groups is 1. The number of aldehydes is 1. The SMILES string of the molecule is CN1CCN(c2ccc(Nc3nc(NC4(C)COC4)c4c(C=O)c[nH]c4n3)cc2)CC1. The summed E-state index contributed by atoms with van der Waals surface area (Å²) in [5.74, 6) is 1.08. The topological polar surface area (TPSA) is 98.4 Å². The van der Waals surface area contributed by atoms with Crippen LogP contribution in [0, 0.1) is 0 Å². The lowest BCUT2D eigenvalue weighted by Crippen LogP contribution is -2.53. The van der Waals surface area contributed by atoms with E-state index in [4.69, 9.17) is 4.74 Å². The van der Waals surface area contributed by atoms with Crippen LogP contribution in [0.4, 0.5) is 23.1 Å². The Kier molecular flexibility index (Phi) is 4.99. The van der Waals surface area contributed by atoms with E-state index in [1.807, 2.05) is 12.1 Å². The Morgan fingerprint density at radius 3 is 2.52 bits per heavy atom. The van der Waals surface area contributed by atoms with Crippen molar-refractivity contribution in [2.24, 2.45) is 0 Å². The molecule has 0 saturated carbocycles. The Bertz CT molecular complexity index is 1080. The molecular formula is C22H27N7O2. The number of carbonyl (C=O) groups excluding carboxylic acids is 1. The van der Waals surface area contributed by atoms with Crippen molar-refractivity contribution >= 4 is 40.5 Å². The minimum atomic E-state index is -0.208. The molecule has 2 aliphatic rings. The molecule has 2 aliphatic heterocycles. The molecule has 0 unspecified atom stereocenters. The maximum atomic E-state index is 11.5. The van der Waals surface area contributed by atoms with E-state index >= 15 is 0 Å². The standard InChI is InChI=1S/C22H27N7O2/c1-22(13-31-14-22)27-20-18-15(12-30)11-23-19(18)25-21(26-20)24-16-3-5-17(6-4-16)29-9-7-28(2)8-10-29/h3-6,11-12H,7-10,13-14H2,1-2H3,(H3,23,24,25,26,27). The van der Waals surface area contributed by atoms with Crippen molar-refractivity contribution in [2.75, 3.05) is 62.0 Å². The summed E-state index contributed by atoms with van der Waals surface area (Å²) in [6.45, 7) is 7.48. The van der Waals surface area contributed by atoms with Crippen molar-refractivity contribution in [1.29, 1.82) is 0 Å². The Balaban J connectivity index is 1.39. The van der Waals surface area contributed by atoms with Crippen LogP contribution in [0.5, 0.6) is 0 Å². The zero-order valence-corrected chi connectivity index (χ0v) is 17.8. The molecule has 2 saturated heterocycles. The van der Waals surface area contributed by atoms with Crippen LogP contribution in [0.15, 0.2) is 30.5 Å². The molecule has 9 nitrogen and oxygen atoms in total. The number of likely N-dealkylation sites (N-methyl/N-ethyl adjacent to an activating group) is 1. The van der Waals surface area contributed by atoms with Crippen molar-refractivity contribution in [1.82, 2.24) is 19.9 Å². The van der Waals surface area contributed by atoms with E-state index in [0.717, 1.165) is 38.2 Å². The van der Waals surface area contributed by atoms with Gasteiger partial charge in [0.05, 0.1) is 24.1 Å². The van der Waals surface area contributed by atoms with Crippen LogP contribution >= 0.6 is 0 Å². The largest absolute Gasteiger partial charge is 0.376 e. The number of aromatic nitrogens is 3. The predicted octanol–water partition coefficient (Wildman–Crippen LogP) is 2.47. The highest BCUT2D eigenvalue weighted by Gasteiger charge is 2.34. The van der Waals surface area contributed by atoms with E-state index < -0.39 is 0 Å². The molecule has 1 aromatic carbocycles. The van der Waals surface area contributed by atoms with Gasteiger partial charge in [-0.2, -0.15) is 9.97 Å². The number of nitrogens with zero attached hydrogens (tertiary/aromatic N) is 4. The van der Waals surface area contributed by atoms with Crippen molar-refractivity contribution in [3.05, 3.63) is 36.0 Å². The van der Waals surface area contributed by atoms with Gasteiger partial charge in [0, 0.05) is 49.3 Å². The van der Waals surface area contributed by atoms with E-state index in [9.17, 15) is 4.79 Å². The minimum Gasteiger partial charge on any atom is -0.376 e. The average molecular weight is 422 g/mol. The third kappa shape index (κ3) is 3.94. The molecule has 0 atom stereocenters. The number of hydrogen-bond acceptors (Lipinski definition) is 8. The quantitative estimate of drug-likeness (QED) is 0.522. The molecule has 0 spiro atoms. The lowest BCUT2D eigenvalue weighted by Gasteiger charge is -2.39. The number of piperazine rings is 1. The highest BCUT2D eigenvalue weighted by atomic mass is 16.5. The molecule has 162 valence electrons. The van der Waals surface area contributed by atoms with Gasteiger partial charge >= 0.3 is 0 Å². The van der Waals surface area contributed by atoms with E-state index in [1.54, 1.807) is 6.20 Å². The summed E-state index contributed by atoms with van der Waals surface area (Å²) in [5, 5.41) is 7.42. The highest BCUT2D eigenvalue weighted by molar-refractivity contribution is 6.02. The Morgan fingerprint density at radius 2 is 1.87 bits per heavy atom. The lowest BCUT2D eigenvalue weighted by atomic mass is 10.0. The van der Waals surface area contributed by atoms with Crippen molar-refractivity contribution in [2.45, 2.75) is 12.5 Å². The second kappa shape index (κ2) is 7.82. The van der Waals surface area contributed by atoms with Crippen molar-refractivity contribution < 1.29 is 9.53 Å². The van der Waals surface area contributed by atoms with Gasteiger partial charge in [-0.1, -0.05) is 0 Å². The number of ether oxygens (including phenoxy) is 1. The van der Waals surface area contributed by atoms with Gasteiger partial charge in [0.1, 0.15) is 11.5 Å². The van der Waals surface area contributed by atoms with Crippen molar-refractivity contribution in [3.8, 4) is 0 Å². The lowest BCUT2D eigenvalue weighted by molar-refractivity contribution is -0.0319.